The molecular weight excluding hydrogens is 376 g/mol. The minimum atomic E-state index is 0.145. The van der Waals surface area contributed by atoms with E-state index in [0.717, 1.165) is 23.0 Å². The number of hydrogen-bond acceptors (Lipinski definition) is 5. The minimum absolute atomic E-state index is 0.145. The van der Waals surface area contributed by atoms with Crippen LogP contribution in [0.2, 0.25) is 0 Å². The number of rotatable bonds is 8. The molecule has 0 amide bonds. The standard InChI is InChI=1S/C24H28N4O2/c1-4-23-14-24(15-23,16-23)22-26-21(27-28(22)17(2)13-29-3)18-10-11-20(25-12-18)30-19-8-6-5-7-9-19/h5-12,17H,4,13-16H2,1-3H3. The van der Waals surface area contributed by atoms with Gasteiger partial charge in [-0.25, -0.2) is 14.6 Å². The Kier molecular flexibility index (Phi) is 4.62. The second kappa shape index (κ2) is 7.20. The van der Waals surface area contributed by atoms with E-state index in [1.165, 1.54) is 25.7 Å². The number of methoxy groups -OCH3 is 1. The van der Waals surface area contributed by atoms with E-state index in [-0.39, 0.29) is 11.5 Å². The largest absolute Gasteiger partial charge is 0.439 e. The highest BCUT2D eigenvalue weighted by Crippen LogP contribution is 2.74. The number of hydrogen-bond donors (Lipinski definition) is 0. The van der Waals surface area contributed by atoms with Crippen molar-refractivity contribution < 1.29 is 9.47 Å². The highest BCUT2D eigenvalue weighted by atomic mass is 16.5. The fourth-order valence-electron chi connectivity index (χ4n) is 5.22. The first-order chi connectivity index (χ1) is 14.6. The van der Waals surface area contributed by atoms with Gasteiger partial charge in [-0.05, 0) is 49.8 Å². The molecule has 156 valence electrons. The van der Waals surface area contributed by atoms with Crippen LogP contribution in [0.4, 0.5) is 0 Å². The van der Waals surface area contributed by atoms with Crippen LogP contribution in [0.15, 0.2) is 48.7 Å². The summed E-state index contributed by atoms with van der Waals surface area (Å²) in [5, 5.41) is 4.88. The quantitative estimate of drug-likeness (QED) is 0.518. The average Bonchev–Trinajstić information content (AvgIpc) is 3.13. The maximum Gasteiger partial charge on any atom is 0.219 e. The van der Waals surface area contributed by atoms with Crippen molar-refractivity contribution in [3.8, 4) is 23.0 Å². The Hall–Kier alpha value is -2.73. The van der Waals surface area contributed by atoms with Crippen molar-refractivity contribution in [2.45, 2.75) is 51.0 Å². The van der Waals surface area contributed by atoms with E-state index in [2.05, 4.69) is 23.5 Å². The zero-order valence-corrected chi connectivity index (χ0v) is 17.8. The summed E-state index contributed by atoms with van der Waals surface area (Å²) in [5.74, 6) is 3.16. The summed E-state index contributed by atoms with van der Waals surface area (Å²) < 4.78 is 13.3. The van der Waals surface area contributed by atoms with Crippen LogP contribution < -0.4 is 4.74 Å². The van der Waals surface area contributed by atoms with Gasteiger partial charge in [0.05, 0.1) is 12.6 Å². The predicted molar refractivity (Wildman–Crippen MR) is 115 cm³/mol. The van der Waals surface area contributed by atoms with Crippen LogP contribution in [-0.2, 0) is 10.2 Å². The molecule has 2 aromatic heterocycles. The molecule has 3 fully saturated rings. The molecule has 1 atom stereocenters. The van der Waals surface area contributed by atoms with Gasteiger partial charge in [0.1, 0.15) is 11.6 Å². The third-order valence-corrected chi connectivity index (χ3v) is 6.78. The summed E-state index contributed by atoms with van der Waals surface area (Å²) in [6.07, 6.45) is 6.75. The molecule has 30 heavy (non-hydrogen) atoms. The monoisotopic (exact) mass is 404 g/mol. The number of aromatic nitrogens is 4. The van der Waals surface area contributed by atoms with Crippen LogP contribution in [0.3, 0.4) is 0 Å². The first-order valence-electron chi connectivity index (χ1n) is 10.7. The summed E-state index contributed by atoms with van der Waals surface area (Å²) in [6.45, 7) is 5.06. The number of nitrogens with zero attached hydrogens (tertiary/aromatic N) is 4. The lowest BCUT2D eigenvalue weighted by atomic mass is 9.34. The normalized spacial score (nSPS) is 25.3. The lowest BCUT2D eigenvalue weighted by Crippen LogP contribution is -2.65. The van der Waals surface area contributed by atoms with Gasteiger partial charge < -0.3 is 9.47 Å². The molecule has 0 aliphatic heterocycles. The van der Waals surface area contributed by atoms with E-state index < -0.39 is 0 Å². The van der Waals surface area contributed by atoms with Crippen molar-refractivity contribution >= 4 is 0 Å². The summed E-state index contributed by atoms with van der Waals surface area (Å²) in [5.41, 5.74) is 1.66. The van der Waals surface area contributed by atoms with Crippen molar-refractivity contribution in [2.75, 3.05) is 13.7 Å². The molecule has 6 heteroatoms. The van der Waals surface area contributed by atoms with E-state index in [9.17, 15) is 0 Å². The lowest BCUT2D eigenvalue weighted by molar-refractivity contribution is -0.150. The van der Waals surface area contributed by atoms with Gasteiger partial charge in [-0.3, -0.25) is 0 Å². The first-order valence-corrected chi connectivity index (χ1v) is 10.7. The van der Waals surface area contributed by atoms with Gasteiger partial charge in [-0.1, -0.05) is 31.5 Å². The van der Waals surface area contributed by atoms with E-state index in [1.807, 2.05) is 42.5 Å². The van der Waals surface area contributed by atoms with Crippen LogP contribution in [0.5, 0.6) is 11.6 Å². The van der Waals surface area contributed by atoms with Gasteiger partial charge in [-0.15, -0.1) is 0 Å². The zero-order chi connectivity index (χ0) is 20.8. The second-order valence-electron chi connectivity index (χ2n) is 8.97. The van der Waals surface area contributed by atoms with Gasteiger partial charge in [-0.2, -0.15) is 5.10 Å². The van der Waals surface area contributed by atoms with Gasteiger partial charge in [0.25, 0.3) is 0 Å². The van der Waals surface area contributed by atoms with Crippen LogP contribution in [0, 0.1) is 5.41 Å². The molecule has 6 rings (SSSR count). The van der Waals surface area contributed by atoms with Crippen molar-refractivity contribution in [1.29, 1.82) is 0 Å². The highest BCUT2D eigenvalue weighted by molar-refractivity contribution is 5.54. The summed E-state index contributed by atoms with van der Waals surface area (Å²) in [4.78, 5) is 9.47. The van der Waals surface area contributed by atoms with Crippen LogP contribution in [0.1, 0.15) is 51.4 Å². The van der Waals surface area contributed by atoms with Crippen molar-refractivity contribution in [3.05, 3.63) is 54.5 Å². The highest BCUT2D eigenvalue weighted by Gasteiger charge is 2.69. The van der Waals surface area contributed by atoms with Crippen molar-refractivity contribution in [3.63, 3.8) is 0 Å². The summed E-state index contributed by atoms with van der Waals surface area (Å²) in [7, 11) is 1.73. The summed E-state index contributed by atoms with van der Waals surface area (Å²) >= 11 is 0. The van der Waals surface area contributed by atoms with Gasteiger partial charge in [0.2, 0.25) is 5.88 Å². The smallest absolute Gasteiger partial charge is 0.219 e. The Labute approximate surface area is 177 Å². The maximum atomic E-state index is 5.81. The Morgan fingerprint density at radius 2 is 1.87 bits per heavy atom. The molecule has 3 aromatic rings. The minimum Gasteiger partial charge on any atom is -0.439 e. The fraction of sp³-hybridized carbons (Fsp3) is 0.458. The van der Waals surface area contributed by atoms with E-state index in [1.54, 1.807) is 13.3 Å². The Bertz CT molecular complexity index is 1010. The van der Waals surface area contributed by atoms with Gasteiger partial charge in [0, 0.05) is 30.4 Å². The summed E-state index contributed by atoms with van der Waals surface area (Å²) in [6, 6.07) is 13.7. The molecule has 6 nitrogen and oxygen atoms in total. The third kappa shape index (κ3) is 3.10. The SMILES string of the molecule is CCC12CC(c3nc(-c4ccc(Oc5ccccc5)nc4)nn3C(C)COC)(C1)C2. The number of para-hydroxylation sites is 1. The molecule has 1 unspecified atom stereocenters. The molecule has 3 aliphatic rings. The van der Waals surface area contributed by atoms with Gasteiger partial charge >= 0.3 is 0 Å². The number of benzene rings is 1. The Balaban J connectivity index is 1.41. The van der Waals surface area contributed by atoms with E-state index in [4.69, 9.17) is 19.6 Å². The average molecular weight is 405 g/mol. The molecule has 2 bridgehead atoms. The molecule has 3 saturated carbocycles. The number of pyridine rings is 1. The van der Waals surface area contributed by atoms with E-state index >= 15 is 0 Å². The molecule has 3 aliphatic carbocycles. The fourth-order valence-corrected chi connectivity index (χ4v) is 5.22. The van der Waals surface area contributed by atoms with Crippen molar-refractivity contribution in [2.24, 2.45) is 5.41 Å². The van der Waals surface area contributed by atoms with Crippen LogP contribution in [0.25, 0.3) is 11.4 Å². The lowest BCUT2D eigenvalue weighted by Gasteiger charge is -2.70. The number of ether oxygens (including phenoxy) is 2. The van der Waals surface area contributed by atoms with Gasteiger partial charge in [0.15, 0.2) is 5.82 Å². The van der Waals surface area contributed by atoms with Crippen LogP contribution in [-0.4, -0.2) is 33.5 Å². The molecule has 0 radical (unpaired) electrons. The third-order valence-electron chi connectivity index (χ3n) is 6.78. The zero-order valence-electron chi connectivity index (χ0n) is 17.8. The van der Waals surface area contributed by atoms with Crippen molar-refractivity contribution in [1.82, 2.24) is 19.7 Å². The molecule has 0 N–H and O–H groups in total. The molecule has 0 saturated heterocycles. The predicted octanol–water partition coefficient (Wildman–Crippen LogP) is 5.17. The molecule has 0 spiro atoms. The van der Waals surface area contributed by atoms with E-state index in [0.29, 0.717) is 17.9 Å². The Morgan fingerprint density at radius 3 is 2.50 bits per heavy atom. The topological polar surface area (TPSA) is 62.1 Å². The van der Waals surface area contributed by atoms with Crippen LogP contribution >= 0.6 is 0 Å². The molecule has 1 aromatic carbocycles. The Morgan fingerprint density at radius 1 is 1.10 bits per heavy atom. The molecule has 2 heterocycles. The first kappa shape index (κ1) is 19.2. The second-order valence-corrected chi connectivity index (χ2v) is 8.97. The molecular formula is C24H28N4O2. The maximum absolute atomic E-state index is 5.81.